The molecule has 0 aliphatic carbocycles. The van der Waals surface area contributed by atoms with Crippen molar-refractivity contribution in [2.75, 3.05) is 31.1 Å². The van der Waals surface area contributed by atoms with Gasteiger partial charge in [-0.3, -0.25) is 14.2 Å². The van der Waals surface area contributed by atoms with E-state index in [-0.39, 0.29) is 23.0 Å². The molecule has 2 aliphatic rings. The zero-order valence-corrected chi connectivity index (χ0v) is 20.4. The number of ether oxygens (including phenoxy) is 1. The number of nitrogens with zero attached hydrogens (tertiary/aromatic N) is 4. The molecule has 0 bridgehead atoms. The number of carboxylic acids is 1. The van der Waals surface area contributed by atoms with Crippen LogP contribution in [0.2, 0.25) is 0 Å². The van der Waals surface area contributed by atoms with Gasteiger partial charge in [-0.1, -0.05) is 0 Å². The molecule has 184 valence electrons. The van der Waals surface area contributed by atoms with Gasteiger partial charge in [0.1, 0.15) is 11.4 Å². The predicted molar refractivity (Wildman–Crippen MR) is 132 cm³/mol. The molecule has 2 fully saturated rings. The van der Waals surface area contributed by atoms with E-state index in [9.17, 15) is 19.5 Å². The summed E-state index contributed by atoms with van der Waals surface area (Å²) in [5.41, 5.74) is -0.495. The minimum Gasteiger partial charge on any atom is -0.477 e. The lowest BCUT2D eigenvalue weighted by Gasteiger charge is -2.47. The Morgan fingerprint density at radius 1 is 1.34 bits per heavy atom. The summed E-state index contributed by atoms with van der Waals surface area (Å²) < 4.78 is 7.26. The maximum atomic E-state index is 12.9. The predicted octanol–water partition coefficient (Wildman–Crippen LogP) is 2.36. The Bertz CT molecular complexity index is 1340. The third-order valence-corrected chi connectivity index (χ3v) is 7.48. The average molecular weight is 498 g/mol. The standard InChI is InChI=1S/C24H27N5O5S/c1-14-9-17(28-12-24(2,13-28)22(33)26-10-15-5-3-4-7-34-15)27-20-18(14)19(30)16(21(31)32)11-29(20)23-25-6-8-35-23/h6,8-9,11,15H,3-5,7,10,12-13H2,1-2H3,(H,26,33)(H,31,32). The van der Waals surface area contributed by atoms with Gasteiger partial charge >= 0.3 is 5.97 Å². The number of thiazole rings is 1. The maximum Gasteiger partial charge on any atom is 0.341 e. The van der Waals surface area contributed by atoms with Gasteiger partial charge in [-0.25, -0.2) is 14.8 Å². The fourth-order valence-electron chi connectivity index (χ4n) is 4.76. The Morgan fingerprint density at radius 2 is 2.14 bits per heavy atom. The third kappa shape index (κ3) is 4.30. The number of anilines is 1. The molecule has 0 aromatic carbocycles. The van der Waals surface area contributed by atoms with E-state index in [1.165, 1.54) is 17.5 Å². The summed E-state index contributed by atoms with van der Waals surface area (Å²) in [6.45, 7) is 5.93. The van der Waals surface area contributed by atoms with Gasteiger partial charge in [-0.05, 0) is 44.7 Å². The van der Waals surface area contributed by atoms with Gasteiger partial charge in [0.15, 0.2) is 10.8 Å². The molecular formula is C24H27N5O5S. The summed E-state index contributed by atoms with van der Waals surface area (Å²) in [5, 5.41) is 15.1. The molecule has 1 atom stereocenters. The molecule has 0 saturated carbocycles. The Hall–Kier alpha value is -3.31. The third-order valence-electron chi connectivity index (χ3n) is 6.71. The first kappa shape index (κ1) is 23.4. The highest BCUT2D eigenvalue weighted by Gasteiger charge is 2.46. The second kappa shape index (κ2) is 9.04. The number of hydrogen-bond acceptors (Lipinski definition) is 8. The molecule has 2 N–H and O–H groups in total. The van der Waals surface area contributed by atoms with Gasteiger partial charge in [0.2, 0.25) is 11.3 Å². The lowest BCUT2D eigenvalue weighted by molar-refractivity contribution is -0.132. The van der Waals surface area contributed by atoms with Gasteiger partial charge in [-0.2, -0.15) is 0 Å². The monoisotopic (exact) mass is 497 g/mol. The second-order valence-corrected chi connectivity index (χ2v) is 10.3. The van der Waals surface area contributed by atoms with Gasteiger partial charge in [0.25, 0.3) is 0 Å². The normalized spacial score (nSPS) is 19.4. The van der Waals surface area contributed by atoms with Crippen molar-refractivity contribution in [3.63, 3.8) is 0 Å². The van der Waals surface area contributed by atoms with Crippen LogP contribution in [0.1, 0.15) is 42.1 Å². The molecule has 1 unspecified atom stereocenters. The van der Waals surface area contributed by atoms with Crippen LogP contribution in [0, 0.1) is 12.3 Å². The molecule has 3 aromatic heterocycles. The first-order valence-electron chi connectivity index (χ1n) is 11.6. The number of aromatic nitrogens is 3. The summed E-state index contributed by atoms with van der Waals surface area (Å²) in [6.07, 6.45) is 6.13. The number of pyridine rings is 2. The lowest BCUT2D eigenvalue weighted by atomic mass is 9.80. The van der Waals surface area contributed by atoms with Crippen molar-refractivity contribution < 1.29 is 19.4 Å². The zero-order chi connectivity index (χ0) is 24.7. The number of aromatic carboxylic acids is 1. The zero-order valence-electron chi connectivity index (χ0n) is 19.6. The van der Waals surface area contributed by atoms with E-state index in [0.29, 0.717) is 41.8 Å². The molecule has 10 nitrogen and oxygen atoms in total. The number of hydrogen-bond donors (Lipinski definition) is 2. The minimum absolute atomic E-state index is 0.00812. The van der Waals surface area contributed by atoms with E-state index in [1.807, 2.05) is 11.8 Å². The van der Waals surface area contributed by atoms with E-state index < -0.39 is 16.8 Å². The van der Waals surface area contributed by atoms with E-state index in [1.54, 1.807) is 29.1 Å². The van der Waals surface area contributed by atoms with Crippen molar-refractivity contribution in [1.82, 2.24) is 19.9 Å². The summed E-state index contributed by atoms with van der Waals surface area (Å²) in [6, 6.07) is 1.77. The van der Waals surface area contributed by atoms with E-state index in [2.05, 4.69) is 10.3 Å². The average Bonchev–Trinajstić information content (AvgIpc) is 3.35. The highest BCUT2D eigenvalue weighted by Crippen LogP contribution is 2.35. The van der Waals surface area contributed by atoms with Crippen molar-refractivity contribution in [3.8, 4) is 5.13 Å². The molecular weight excluding hydrogens is 470 g/mol. The van der Waals surface area contributed by atoms with Crippen LogP contribution in [0.4, 0.5) is 5.82 Å². The lowest BCUT2D eigenvalue weighted by Crippen LogP contribution is -2.62. The van der Waals surface area contributed by atoms with E-state index in [0.717, 1.165) is 25.9 Å². The quantitative estimate of drug-likeness (QED) is 0.532. The Kier molecular flexibility index (Phi) is 6.06. The first-order valence-corrected chi connectivity index (χ1v) is 12.5. The number of carboxylic acid groups (broad SMARTS) is 1. The van der Waals surface area contributed by atoms with Gasteiger partial charge in [0, 0.05) is 44.0 Å². The van der Waals surface area contributed by atoms with Crippen LogP contribution < -0.4 is 15.6 Å². The van der Waals surface area contributed by atoms with Crippen molar-refractivity contribution >= 4 is 40.1 Å². The van der Waals surface area contributed by atoms with Crippen LogP contribution in [0.15, 0.2) is 28.6 Å². The maximum absolute atomic E-state index is 12.9. The SMILES string of the molecule is Cc1cc(N2CC(C)(C(=O)NCC3CCCCO3)C2)nc2c1c(=O)c(C(=O)O)cn2-c1nccs1. The number of nitrogens with one attached hydrogen (secondary N) is 1. The molecule has 2 aliphatic heterocycles. The molecule has 2 saturated heterocycles. The Morgan fingerprint density at radius 3 is 2.80 bits per heavy atom. The van der Waals surface area contributed by atoms with E-state index in [4.69, 9.17) is 9.72 Å². The van der Waals surface area contributed by atoms with Crippen LogP contribution in [-0.2, 0) is 9.53 Å². The number of amides is 1. The minimum atomic E-state index is -1.30. The second-order valence-electron chi connectivity index (χ2n) is 9.47. The highest BCUT2D eigenvalue weighted by atomic mass is 32.1. The van der Waals surface area contributed by atoms with Gasteiger partial charge < -0.3 is 20.1 Å². The fourth-order valence-corrected chi connectivity index (χ4v) is 5.38. The molecule has 0 radical (unpaired) electrons. The van der Waals surface area contributed by atoms with Crippen LogP contribution >= 0.6 is 11.3 Å². The van der Waals surface area contributed by atoms with Crippen molar-refractivity contribution in [1.29, 1.82) is 0 Å². The smallest absolute Gasteiger partial charge is 0.341 e. The van der Waals surface area contributed by atoms with Crippen LogP contribution in [-0.4, -0.2) is 63.9 Å². The summed E-state index contributed by atoms with van der Waals surface area (Å²) >= 11 is 1.32. The van der Waals surface area contributed by atoms with E-state index >= 15 is 0 Å². The molecule has 11 heteroatoms. The molecule has 35 heavy (non-hydrogen) atoms. The number of rotatable bonds is 6. The van der Waals surface area contributed by atoms with Gasteiger partial charge in [-0.15, -0.1) is 11.3 Å². The molecule has 3 aromatic rings. The fraction of sp³-hybridized carbons (Fsp3) is 0.458. The Balaban J connectivity index is 1.41. The number of carbonyl (C=O) groups is 2. The summed E-state index contributed by atoms with van der Waals surface area (Å²) in [4.78, 5) is 48.5. The topological polar surface area (TPSA) is 127 Å². The van der Waals surface area contributed by atoms with Crippen molar-refractivity contribution in [2.45, 2.75) is 39.2 Å². The summed E-state index contributed by atoms with van der Waals surface area (Å²) in [5.74, 6) is -0.677. The van der Waals surface area contributed by atoms with Crippen molar-refractivity contribution in [2.24, 2.45) is 5.41 Å². The Labute approximate surface area is 205 Å². The highest BCUT2D eigenvalue weighted by molar-refractivity contribution is 7.12. The first-order chi connectivity index (χ1) is 16.8. The van der Waals surface area contributed by atoms with Crippen LogP contribution in [0.5, 0.6) is 0 Å². The van der Waals surface area contributed by atoms with Gasteiger partial charge in [0.05, 0.1) is 16.9 Å². The molecule has 1 amide bonds. The van der Waals surface area contributed by atoms with Crippen LogP contribution in [0.25, 0.3) is 16.2 Å². The summed E-state index contributed by atoms with van der Waals surface area (Å²) in [7, 11) is 0. The number of fused-ring (bicyclic) bond motifs is 1. The largest absolute Gasteiger partial charge is 0.477 e. The molecule has 5 heterocycles. The molecule has 5 rings (SSSR count). The number of carbonyl (C=O) groups excluding carboxylic acids is 1. The van der Waals surface area contributed by atoms with Crippen molar-refractivity contribution in [3.05, 3.63) is 45.2 Å². The number of aryl methyl sites for hydroxylation is 1. The van der Waals surface area contributed by atoms with Crippen LogP contribution in [0.3, 0.4) is 0 Å². The molecule has 0 spiro atoms.